The van der Waals surface area contributed by atoms with Gasteiger partial charge in [-0.3, -0.25) is 9.59 Å². The van der Waals surface area contributed by atoms with Gasteiger partial charge in [0.05, 0.1) is 0 Å². The van der Waals surface area contributed by atoms with E-state index in [4.69, 9.17) is 5.73 Å². The van der Waals surface area contributed by atoms with Crippen LogP contribution in [0.5, 0.6) is 0 Å². The molecule has 1 saturated heterocycles. The molecule has 0 aromatic carbocycles. The van der Waals surface area contributed by atoms with Gasteiger partial charge in [-0.1, -0.05) is 13.8 Å². The molecule has 3 N–H and O–H groups in total. The smallest absolute Gasteiger partial charge is 0.222 e. The molecule has 1 rings (SSSR count). The first-order chi connectivity index (χ1) is 9.19. The summed E-state index contributed by atoms with van der Waals surface area (Å²) in [6.45, 7) is 9.12. The van der Waals surface area contributed by atoms with Crippen LogP contribution < -0.4 is 11.1 Å². The van der Waals surface area contributed by atoms with Crippen molar-refractivity contribution >= 4 is 11.8 Å². The Bertz CT molecular complexity index is 340. The Morgan fingerprint density at radius 1 is 1.30 bits per heavy atom. The zero-order chi connectivity index (χ0) is 15.3. The molecule has 1 aliphatic rings. The number of likely N-dealkylation sites (tertiary alicyclic amines) is 1. The normalized spacial score (nSPS) is 17.4. The van der Waals surface area contributed by atoms with Crippen LogP contribution in [0.3, 0.4) is 0 Å². The Kier molecular flexibility index (Phi) is 5.99. The van der Waals surface area contributed by atoms with Crippen molar-refractivity contribution < 1.29 is 9.59 Å². The Morgan fingerprint density at radius 3 is 2.30 bits per heavy atom. The Balaban J connectivity index is 2.31. The summed E-state index contributed by atoms with van der Waals surface area (Å²) in [6, 6.07) is 0.208. The number of amides is 2. The van der Waals surface area contributed by atoms with Crippen molar-refractivity contribution in [3.63, 3.8) is 0 Å². The third-order valence-corrected chi connectivity index (χ3v) is 3.70. The molecule has 0 aromatic heterocycles. The maximum atomic E-state index is 12.1. The van der Waals surface area contributed by atoms with Crippen LogP contribution >= 0.6 is 0 Å². The molecule has 0 atom stereocenters. The van der Waals surface area contributed by atoms with Gasteiger partial charge in [-0.15, -0.1) is 0 Å². The van der Waals surface area contributed by atoms with E-state index < -0.39 is 0 Å². The predicted molar refractivity (Wildman–Crippen MR) is 80.1 cm³/mol. The van der Waals surface area contributed by atoms with E-state index in [-0.39, 0.29) is 29.3 Å². The molecule has 5 nitrogen and oxygen atoms in total. The predicted octanol–water partition coefficient (Wildman–Crippen LogP) is 1.27. The highest BCUT2D eigenvalue weighted by Crippen LogP contribution is 2.15. The van der Waals surface area contributed by atoms with E-state index in [1.165, 1.54) is 0 Å². The number of hydrogen-bond donors (Lipinski definition) is 2. The number of rotatable bonds is 5. The van der Waals surface area contributed by atoms with Gasteiger partial charge in [-0.25, -0.2) is 0 Å². The molecule has 0 aromatic rings. The minimum Gasteiger partial charge on any atom is -0.353 e. The van der Waals surface area contributed by atoms with Crippen molar-refractivity contribution in [2.24, 2.45) is 11.7 Å². The average Bonchev–Trinajstić information content (AvgIpc) is 2.35. The molecule has 1 heterocycles. The summed E-state index contributed by atoms with van der Waals surface area (Å²) >= 11 is 0. The lowest BCUT2D eigenvalue weighted by molar-refractivity contribution is -0.132. The third-order valence-electron chi connectivity index (χ3n) is 3.70. The van der Waals surface area contributed by atoms with Crippen molar-refractivity contribution in [3.8, 4) is 0 Å². The van der Waals surface area contributed by atoms with Crippen LogP contribution in [0.15, 0.2) is 0 Å². The zero-order valence-electron chi connectivity index (χ0n) is 13.2. The summed E-state index contributed by atoms with van der Waals surface area (Å²) in [7, 11) is 0. The molecule has 20 heavy (non-hydrogen) atoms. The first-order valence-electron chi connectivity index (χ1n) is 7.56. The fourth-order valence-electron chi connectivity index (χ4n) is 2.23. The fourth-order valence-corrected chi connectivity index (χ4v) is 2.23. The van der Waals surface area contributed by atoms with E-state index in [0.29, 0.717) is 12.8 Å². The van der Waals surface area contributed by atoms with Gasteiger partial charge in [0.15, 0.2) is 0 Å². The number of piperidine rings is 1. The number of nitrogens with two attached hydrogens (primary N) is 1. The maximum absolute atomic E-state index is 12.1. The first-order valence-corrected chi connectivity index (χ1v) is 7.56. The van der Waals surface area contributed by atoms with Gasteiger partial charge in [0.25, 0.3) is 0 Å². The summed E-state index contributed by atoms with van der Waals surface area (Å²) in [6.07, 6.45) is 2.90. The molecule has 0 radical (unpaired) electrons. The fraction of sp³-hybridized carbons (Fsp3) is 0.867. The standard InChI is InChI=1S/C15H29N3O2/c1-11(2)14(20)17-12-6-9-18(10-7-12)13(19)5-8-15(3,4)16/h11-12H,5-10,16H2,1-4H3,(H,17,20). The number of hydrogen-bond acceptors (Lipinski definition) is 3. The van der Waals surface area contributed by atoms with Gasteiger partial charge in [-0.2, -0.15) is 0 Å². The minimum absolute atomic E-state index is 0.0152. The highest BCUT2D eigenvalue weighted by molar-refractivity contribution is 5.78. The number of nitrogens with zero attached hydrogens (tertiary/aromatic N) is 1. The third kappa shape index (κ3) is 5.90. The van der Waals surface area contributed by atoms with Crippen LogP contribution in [0.4, 0.5) is 0 Å². The summed E-state index contributed by atoms with van der Waals surface area (Å²) in [5, 5.41) is 3.04. The molecule has 5 heteroatoms. The van der Waals surface area contributed by atoms with E-state index in [9.17, 15) is 9.59 Å². The van der Waals surface area contributed by atoms with E-state index >= 15 is 0 Å². The van der Waals surface area contributed by atoms with Crippen LogP contribution in [-0.2, 0) is 9.59 Å². The largest absolute Gasteiger partial charge is 0.353 e. The summed E-state index contributed by atoms with van der Waals surface area (Å²) in [5.74, 6) is 0.290. The SMILES string of the molecule is CC(C)C(=O)NC1CCN(C(=O)CCC(C)(C)N)CC1. The van der Waals surface area contributed by atoms with Crippen LogP contribution in [0.1, 0.15) is 53.4 Å². The zero-order valence-corrected chi connectivity index (χ0v) is 13.2. The number of carbonyl (C=O) groups excluding carboxylic acids is 2. The van der Waals surface area contributed by atoms with Gasteiger partial charge in [-0.05, 0) is 33.1 Å². The molecule has 1 aliphatic heterocycles. The quantitative estimate of drug-likeness (QED) is 0.798. The summed E-state index contributed by atoms with van der Waals surface area (Å²) < 4.78 is 0. The Hall–Kier alpha value is -1.10. The highest BCUT2D eigenvalue weighted by Gasteiger charge is 2.25. The lowest BCUT2D eigenvalue weighted by Gasteiger charge is -2.33. The van der Waals surface area contributed by atoms with Gasteiger partial charge in [0, 0.05) is 37.0 Å². The van der Waals surface area contributed by atoms with Crippen LogP contribution in [0, 0.1) is 5.92 Å². The lowest BCUT2D eigenvalue weighted by atomic mass is 9.98. The first kappa shape index (κ1) is 17.0. The Morgan fingerprint density at radius 2 is 1.85 bits per heavy atom. The van der Waals surface area contributed by atoms with Crippen molar-refractivity contribution in [2.75, 3.05) is 13.1 Å². The van der Waals surface area contributed by atoms with Gasteiger partial charge in [0.1, 0.15) is 0 Å². The van der Waals surface area contributed by atoms with Gasteiger partial charge in [0.2, 0.25) is 11.8 Å². The summed E-state index contributed by atoms with van der Waals surface area (Å²) in [5.41, 5.74) is 5.61. The molecule has 2 amide bonds. The topological polar surface area (TPSA) is 75.4 Å². The van der Waals surface area contributed by atoms with E-state index in [1.807, 2.05) is 32.6 Å². The molecule has 0 spiro atoms. The van der Waals surface area contributed by atoms with Gasteiger partial charge >= 0.3 is 0 Å². The molecule has 0 saturated carbocycles. The van der Waals surface area contributed by atoms with E-state index in [1.54, 1.807) is 0 Å². The maximum Gasteiger partial charge on any atom is 0.222 e. The van der Waals surface area contributed by atoms with Crippen molar-refractivity contribution in [3.05, 3.63) is 0 Å². The van der Waals surface area contributed by atoms with Crippen molar-refractivity contribution in [1.29, 1.82) is 0 Å². The lowest BCUT2D eigenvalue weighted by Crippen LogP contribution is -2.47. The molecular formula is C15H29N3O2. The Labute approximate surface area is 122 Å². The van der Waals surface area contributed by atoms with E-state index in [0.717, 1.165) is 25.9 Å². The molecule has 0 aliphatic carbocycles. The van der Waals surface area contributed by atoms with Crippen molar-refractivity contribution in [1.82, 2.24) is 10.2 Å². The second-order valence-electron chi connectivity index (χ2n) is 6.81. The molecule has 0 bridgehead atoms. The van der Waals surface area contributed by atoms with Crippen LogP contribution in [0.25, 0.3) is 0 Å². The monoisotopic (exact) mass is 283 g/mol. The van der Waals surface area contributed by atoms with E-state index in [2.05, 4.69) is 5.32 Å². The molecule has 116 valence electrons. The minimum atomic E-state index is -0.292. The second kappa shape index (κ2) is 7.07. The van der Waals surface area contributed by atoms with Crippen LogP contribution in [-0.4, -0.2) is 41.4 Å². The van der Waals surface area contributed by atoms with Crippen molar-refractivity contribution in [2.45, 2.75) is 65.0 Å². The molecule has 1 fully saturated rings. The highest BCUT2D eigenvalue weighted by atomic mass is 16.2. The molecule has 0 unspecified atom stereocenters. The number of carbonyl (C=O) groups is 2. The average molecular weight is 283 g/mol. The number of nitrogens with one attached hydrogen (secondary N) is 1. The second-order valence-corrected chi connectivity index (χ2v) is 6.81. The van der Waals surface area contributed by atoms with Crippen LogP contribution in [0.2, 0.25) is 0 Å². The molecular weight excluding hydrogens is 254 g/mol. The summed E-state index contributed by atoms with van der Waals surface area (Å²) in [4.78, 5) is 25.6. The van der Waals surface area contributed by atoms with Gasteiger partial charge < -0.3 is 16.0 Å².